The quantitative estimate of drug-likeness (QED) is 0.113. The predicted molar refractivity (Wildman–Crippen MR) is 194 cm³/mol. The van der Waals surface area contributed by atoms with Crippen LogP contribution in [0, 0.1) is 0 Å². The molecule has 0 saturated carbocycles. The van der Waals surface area contributed by atoms with Crippen molar-refractivity contribution in [1.82, 2.24) is 0 Å². The summed E-state index contributed by atoms with van der Waals surface area (Å²) in [4.78, 5) is 10.0. The Morgan fingerprint density at radius 1 is 0.674 bits per heavy atom. The van der Waals surface area contributed by atoms with Crippen molar-refractivity contribution in [3.05, 3.63) is 174 Å². The van der Waals surface area contributed by atoms with E-state index in [1.54, 1.807) is 0 Å². The molecule has 0 aliphatic heterocycles. The van der Waals surface area contributed by atoms with E-state index in [0.29, 0.717) is 18.2 Å². The van der Waals surface area contributed by atoms with Crippen LogP contribution in [0.25, 0.3) is 49.9 Å². The monoisotopic (exact) mass is 595 g/mol. The second-order valence-electron chi connectivity index (χ2n) is 11.1. The van der Waals surface area contributed by atoms with Gasteiger partial charge in [-0.05, 0) is 58.1 Å². The van der Waals surface area contributed by atoms with Gasteiger partial charge in [0.1, 0.15) is 17.0 Å². The summed E-state index contributed by atoms with van der Waals surface area (Å²) in [6.07, 6.45) is 8.19. The average Bonchev–Trinajstić information content (AvgIpc) is 3.49. The summed E-state index contributed by atoms with van der Waals surface area (Å²) in [6, 6.07) is 45.4. The minimum atomic E-state index is 0.415. The van der Waals surface area contributed by atoms with Gasteiger partial charge in [0, 0.05) is 21.9 Å². The van der Waals surface area contributed by atoms with Gasteiger partial charge < -0.3 is 10.2 Å². The number of amidine groups is 2. The molecule has 222 valence electrons. The van der Waals surface area contributed by atoms with Gasteiger partial charge in [0.2, 0.25) is 0 Å². The Balaban J connectivity index is 1.31. The lowest BCUT2D eigenvalue weighted by atomic mass is 9.98. The summed E-state index contributed by atoms with van der Waals surface area (Å²) in [6.45, 7) is 2.42. The van der Waals surface area contributed by atoms with E-state index in [9.17, 15) is 0 Å². The molecule has 6 aromatic carbocycles. The fourth-order valence-electron chi connectivity index (χ4n) is 5.92. The topological polar surface area (TPSA) is 63.9 Å². The van der Waals surface area contributed by atoms with Crippen molar-refractivity contribution in [2.24, 2.45) is 15.7 Å². The molecule has 7 aromatic rings. The van der Waals surface area contributed by atoms with Crippen molar-refractivity contribution >= 4 is 50.5 Å². The van der Waals surface area contributed by atoms with Crippen molar-refractivity contribution in [2.45, 2.75) is 13.5 Å². The average molecular weight is 596 g/mol. The number of aliphatic imine (C=N–C) groups is 2. The van der Waals surface area contributed by atoms with Crippen LogP contribution in [0.2, 0.25) is 0 Å². The largest absolute Gasteiger partial charge is 0.456 e. The van der Waals surface area contributed by atoms with E-state index < -0.39 is 0 Å². The maximum atomic E-state index is 6.79. The molecular weight excluding hydrogens is 562 g/mol. The van der Waals surface area contributed by atoms with E-state index >= 15 is 0 Å². The molecule has 2 N–H and O–H groups in total. The first-order chi connectivity index (χ1) is 22.7. The molecule has 0 spiro atoms. The Bertz CT molecular complexity index is 2290. The van der Waals surface area contributed by atoms with Crippen LogP contribution >= 0.6 is 0 Å². The highest BCUT2D eigenvalue weighted by Crippen LogP contribution is 2.35. The second-order valence-corrected chi connectivity index (χ2v) is 11.1. The zero-order valence-electron chi connectivity index (χ0n) is 25.6. The molecule has 46 heavy (non-hydrogen) atoms. The smallest absolute Gasteiger partial charge is 0.157 e. The molecular formula is C42H33N3O. The molecule has 4 heteroatoms. The Morgan fingerprint density at radius 2 is 1.43 bits per heavy atom. The summed E-state index contributed by atoms with van der Waals surface area (Å²) in [5.41, 5.74) is 14.7. The highest BCUT2D eigenvalue weighted by atomic mass is 16.3. The Kier molecular flexibility index (Phi) is 8.08. The number of rotatable bonds is 7. The molecule has 0 unspecified atom stereocenters. The lowest BCUT2D eigenvalue weighted by molar-refractivity contribution is 0.668. The van der Waals surface area contributed by atoms with E-state index in [-0.39, 0.29) is 0 Å². The SMILES string of the molecule is C/C=C\C=C/c1ccc(C(N)=NC(=NCc2cccc3oc4ccc(-c5ccccc5)cc4c23)c2ccccc2)c2ccccc12. The van der Waals surface area contributed by atoms with Gasteiger partial charge >= 0.3 is 0 Å². The zero-order valence-corrected chi connectivity index (χ0v) is 25.6. The van der Waals surface area contributed by atoms with Crippen LogP contribution in [0.3, 0.4) is 0 Å². The van der Waals surface area contributed by atoms with Gasteiger partial charge in [0.05, 0.1) is 6.54 Å². The van der Waals surface area contributed by atoms with Crippen LogP contribution in [0.5, 0.6) is 0 Å². The van der Waals surface area contributed by atoms with Crippen LogP contribution in [0.1, 0.15) is 29.2 Å². The molecule has 0 aliphatic carbocycles. The molecule has 0 amide bonds. The van der Waals surface area contributed by atoms with Gasteiger partial charge in [-0.15, -0.1) is 0 Å². The molecule has 0 saturated heterocycles. The van der Waals surface area contributed by atoms with Gasteiger partial charge in [-0.25, -0.2) is 4.99 Å². The molecule has 7 rings (SSSR count). The number of hydrogen-bond donors (Lipinski definition) is 1. The van der Waals surface area contributed by atoms with Crippen LogP contribution in [-0.4, -0.2) is 11.7 Å². The lowest BCUT2D eigenvalue weighted by Crippen LogP contribution is -2.17. The zero-order chi connectivity index (χ0) is 31.3. The number of allylic oxidation sites excluding steroid dienone is 3. The summed E-state index contributed by atoms with van der Waals surface area (Å²) in [7, 11) is 0. The minimum Gasteiger partial charge on any atom is -0.456 e. The Hall–Kier alpha value is -6.00. The number of benzene rings is 6. The predicted octanol–water partition coefficient (Wildman–Crippen LogP) is 10.3. The second kappa shape index (κ2) is 12.9. The van der Waals surface area contributed by atoms with Crippen molar-refractivity contribution in [3.8, 4) is 11.1 Å². The first-order valence-electron chi connectivity index (χ1n) is 15.4. The number of furan rings is 1. The maximum Gasteiger partial charge on any atom is 0.157 e. The van der Waals surface area contributed by atoms with Gasteiger partial charge in [-0.3, -0.25) is 4.99 Å². The van der Waals surface area contributed by atoms with Gasteiger partial charge in [0.25, 0.3) is 0 Å². The molecule has 1 heterocycles. The van der Waals surface area contributed by atoms with E-state index in [0.717, 1.165) is 60.5 Å². The summed E-state index contributed by atoms with van der Waals surface area (Å²) >= 11 is 0. The fraction of sp³-hybridized carbons (Fsp3) is 0.0476. The van der Waals surface area contributed by atoms with Crippen LogP contribution in [-0.2, 0) is 6.54 Å². The minimum absolute atomic E-state index is 0.415. The number of nitrogens with zero attached hydrogens (tertiary/aromatic N) is 2. The van der Waals surface area contributed by atoms with Crippen molar-refractivity contribution in [1.29, 1.82) is 0 Å². The van der Waals surface area contributed by atoms with E-state index in [1.165, 1.54) is 5.56 Å². The highest BCUT2D eigenvalue weighted by molar-refractivity contribution is 6.16. The first kappa shape index (κ1) is 28.8. The third-order valence-corrected chi connectivity index (χ3v) is 8.16. The van der Waals surface area contributed by atoms with E-state index in [4.69, 9.17) is 20.1 Å². The normalized spacial score (nSPS) is 12.7. The van der Waals surface area contributed by atoms with Crippen molar-refractivity contribution < 1.29 is 4.42 Å². The summed E-state index contributed by atoms with van der Waals surface area (Å²) in [5.74, 6) is 0.997. The lowest BCUT2D eigenvalue weighted by Gasteiger charge is -2.10. The third kappa shape index (κ3) is 5.76. The fourth-order valence-corrected chi connectivity index (χ4v) is 5.92. The molecule has 1 aromatic heterocycles. The molecule has 0 bridgehead atoms. The molecule has 4 nitrogen and oxygen atoms in total. The molecule has 0 radical (unpaired) electrons. The van der Waals surface area contributed by atoms with E-state index in [1.807, 2.05) is 91.9 Å². The summed E-state index contributed by atoms with van der Waals surface area (Å²) in [5, 5.41) is 4.30. The number of fused-ring (bicyclic) bond motifs is 4. The van der Waals surface area contributed by atoms with Crippen LogP contribution in [0.4, 0.5) is 0 Å². The highest BCUT2D eigenvalue weighted by Gasteiger charge is 2.14. The maximum absolute atomic E-state index is 6.79. The number of nitrogens with two attached hydrogens (primary N) is 1. The van der Waals surface area contributed by atoms with E-state index in [2.05, 4.69) is 72.8 Å². The van der Waals surface area contributed by atoms with Crippen molar-refractivity contribution in [2.75, 3.05) is 0 Å². The Morgan fingerprint density at radius 3 is 2.24 bits per heavy atom. The summed E-state index contributed by atoms with van der Waals surface area (Å²) < 4.78 is 6.27. The third-order valence-electron chi connectivity index (χ3n) is 8.16. The first-order valence-corrected chi connectivity index (χ1v) is 15.4. The Labute approximate surface area is 268 Å². The molecule has 0 atom stereocenters. The van der Waals surface area contributed by atoms with Crippen LogP contribution < -0.4 is 5.73 Å². The molecule has 0 fully saturated rings. The van der Waals surface area contributed by atoms with Crippen LogP contribution in [0.15, 0.2) is 166 Å². The standard InChI is InChI=1S/C42H33N3O/c1-2-3-6-16-30-23-25-36(35-21-12-11-20-34(30)35)41(43)45-42(31-17-9-5-10-18-31)44-28-33-19-13-22-39-40(33)37-27-32(24-26-38(37)46-39)29-14-7-4-8-15-29/h2-27H,28H2,1H3,(H2,43,44,45)/b3-2-,16-6-. The number of hydrogen-bond acceptors (Lipinski definition) is 2. The van der Waals surface area contributed by atoms with Crippen molar-refractivity contribution in [3.63, 3.8) is 0 Å². The van der Waals surface area contributed by atoms with Gasteiger partial charge in [0.15, 0.2) is 5.84 Å². The molecule has 0 aliphatic rings. The van der Waals surface area contributed by atoms with Gasteiger partial charge in [-0.1, -0.05) is 140 Å². The van der Waals surface area contributed by atoms with Gasteiger partial charge in [-0.2, -0.15) is 0 Å².